The van der Waals surface area contributed by atoms with Crippen molar-refractivity contribution in [1.29, 1.82) is 0 Å². The average molecular weight is 323 g/mol. The molecule has 5 rings (SSSR count). The number of fused-ring (bicyclic) bond motifs is 3. The number of hydrogen-bond donors (Lipinski definition) is 2. The number of aromatic nitrogens is 1. The summed E-state index contributed by atoms with van der Waals surface area (Å²) < 4.78 is 0. The van der Waals surface area contributed by atoms with Crippen LogP contribution in [0.3, 0.4) is 0 Å². The first kappa shape index (κ1) is 14.1. The summed E-state index contributed by atoms with van der Waals surface area (Å²) in [5.74, 6) is 0.892. The minimum absolute atomic E-state index is 0.864. The summed E-state index contributed by atoms with van der Waals surface area (Å²) in [7, 11) is 0. The lowest BCUT2D eigenvalue weighted by Gasteiger charge is -2.25. The van der Waals surface area contributed by atoms with E-state index in [1.54, 1.807) is 0 Å². The molecule has 0 aliphatic carbocycles. The van der Waals surface area contributed by atoms with Crippen LogP contribution in [0.5, 0.6) is 0 Å². The van der Waals surface area contributed by atoms with Gasteiger partial charge in [-0.3, -0.25) is 0 Å². The Hall–Kier alpha value is -3.33. The van der Waals surface area contributed by atoms with E-state index in [0.717, 1.165) is 34.8 Å². The summed E-state index contributed by atoms with van der Waals surface area (Å²) in [4.78, 5) is 4.84. The zero-order chi connectivity index (χ0) is 16.6. The first-order valence-corrected chi connectivity index (χ1v) is 8.47. The first-order chi connectivity index (χ1) is 12.4. The van der Waals surface area contributed by atoms with Crippen LogP contribution < -0.4 is 10.6 Å². The van der Waals surface area contributed by atoms with E-state index in [0.29, 0.717) is 0 Å². The predicted molar refractivity (Wildman–Crippen MR) is 104 cm³/mol. The van der Waals surface area contributed by atoms with Crippen LogP contribution in [0.2, 0.25) is 0 Å². The summed E-state index contributed by atoms with van der Waals surface area (Å²) in [6, 6.07) is 27.2. The van der Waals surface area contributed by atoms with Crippen molar-refractivity contribution in [2.75, 3.05) is 10.6 Å². The first-order valence-electron chi connectivity index (χ1n) is 8.47. The lowest BCUT2D eigenvalue weighted by atomic mass is 9.98. The molecule has 1 aromatic heterocycles. The molecule has 4 aromatic rings. The highest BCUT2D eigenvalue weighted by molar-refractivity contribution is 5.98. The number of para-hydroxylation sites is 3. The third-order valence-corrected chi connectivity index (χ3v) is 4.66. The maximum Gasteiger partial charge on any atom is 0.155 e. The zero-order valence-electron chi connectivity index (χ0n) is 13.7. The van der Waals surface area contributed by atoms with Crippen LogP contribution in [0.1, 0.15) is 11.1 Å². The Morgan fingerprint density at radius 2 is 1.36 bits per heavy atom. The van der Waals surface area contributed by atoms with Gasteiger partial charge in [0.25, 0.3) is 0 Å². The highest BCUT2D eigenvalue weighted by Gasteiger charge is 2.20. The Balaban J connectivity index is 1.72. The van der Waals surface area contributed by atoms with E-state index in [2.05, 4.69) is 71.3 Å². The second-order valence-electron chi connectivity index (χ2n) is 6.29. The van der Waals surface area contributed by atoms with Gasteiger partial charge in [-0.25, -0.2) is 4.98 Å². The molecule has 0 fully saturated rings. The van der Waals surface area contributed by atoms with Crippen molar-refractivity contribution >= 4 is 33.8 Å². The summed E-state index contributed by atoms with van der Waals surface area (Å²) in [5, 5.41) is 8.27. The molecule has 2 heterocycles. The number of anilines is 4. The minimum Gasteiger partial charge on any atom is -0.351 e. The van der Waals surface area contributed by atoms with Crippen molar-refractivity contribution in [3.63, 3.8) is 0 Å². The molecule has 0 spiro atoms. The molecular weight excluding hydrogens is 306 g/mol. The van der Waals surface area contributed by atoms with E-state index in [1.807, 2.05) is 18.2 Å². The Morgan fingerprint density at radius 1 is 0.680 bits per heavy atom. The van der Waals surface area contributed by atoms with E-state index >= 15 is 0 Å². The van der Waals surface area contributed by atoms with Crippen molar-refractivity contribution < 1.29 is 0 Å². The molecule has 0 atom stereocenters. The van der Waals surface area contributed by atoms with E-state index in [1.165, 1.54) is 16.5 Å². The Labute approximate surface area is 146 Å². The molecule has 25 heavy (non-hydrogen) atoms. The van der Waals surface area contributed by atoms with Crippen LogP contribution >= 0.6 is 0 Å². The Bertz CT molecular complexity index is 1070. The Kier molecular flexibility index (Phi) is 3.17. The molecule has 0 saturated carbocycles. The second-order valence-corrected chi connectivity index (χ2v) is 6.29. The van der Waals surface area contributed by atoms with E-state index in [-0.39, 0.29) is 0 Å². The van der Waals surface area contributed by atoms with Crippen LogP contribution in [-0.4, -0.2) is 4.98 Å². The van der Waals surface area contributed by atoms with Crippen molar-refractivity contribution in [3.05, 3.63) is 90.0 Å². The summed E-state index contributed by atoms with van der Waals surface area (Å²) in [5.41, 5.74) is 6.79. The SMILES string of the molecule is c1ccc(Cc2c3c(nc4ccccc24)Nc2ccccc2N3)cc1. The number of nitrogens with one attached hydrogen (secondary N) is 2. The van der Waals surface area contributed by atoms with Crippen molar-refractivity contribution in [3.8, 4) is 0 Å². The molecule has 0 radical (unpaired) electrons. The summed E-state index contributed by atoms with van der Waals surface area (Å²) in [6.07, 6.45) is 0.864. The van der Waals surface area contributed by atoms with Gasteiger partial charge in [0.1, 0.15) is 0 Å². The molecule has 3 aromatic carbocycles. The second kappa shape index (κ2) is 5.64. The average Bonchev–Trinajstić information content (AvgIpc) is 2.67. The number of rotatable bonds is 2. The van der Waals surface area contributed by atoms with Crippen molar-refractivity contribution in [1.82, 2.24) is 4.98 Å². The fourth-order valence-electron chi connectivity index (χ4n) is 3.45. The number of nitrogens with zero attached hydrogens (tertiary/aromatic N) is 1. The molecule has 0 saturated heterocycles. The van der Waals surface area contributed by atoms with Gasteiger partial charge < -0.3 is 10.6 Å². The van der Waals surface area contributed by atoms with Gasteiger partial charge in [-0.15, -0.1) is 0 Å². The fraction of sp³-hybridized carbons (Fsp3) is 0.0455. The van der Waals surface area contributed by atoms with Crippen LogP contribution in [-0.2, 0) is 6.42 Å². The molecule has 3 nitrogen and oxygen atoms in total. The molecule has 120 valence electrons. The maximum absolute atomic E-state index is 4.84. The lowest BCUT2D eigenvalue weighted by molar-refractivity contribution is 1.19. The highest BCUT2D eigenvalue weighted by atomic mass is 15.1. The van der Waals surface area contributed by atoms with Crippen LogP contribution in [0.15, 0.2) is 78.9 Å². The third-order valence-electron chi connectivity index (χ3n) is 4.66. The van der Waals surface area contributed by atoms with E-state index in [4.69, 9.17) is 4.98 Å². The molecule has 0 bridgehead atoms. The molecule has 2 N–H and O–H groups in total. The highest BCUT2D eigenvalue weighted by Crippen LogP contribution is 2.42. The quantitative estimate of drug-likeness (QED) is 0.442. The van der Waals surface area contributed by atoms with Gasteiger partial charge in [0.05, 0.1) is 22.6 Å². The number of hydrogen-bond acceptors (Lipinski definition) is 3. The smallest absolute Gasteiger partial charge is 0.155 e. The summed E-state index contributed by atoms with van der Waals surface area (Å²) in [6.45, 7) is 0. The fourth-order valence-corrected chi connectivity index (χ4v) is 3.45. The molecule has 0 amide bonds. The number of pyridine rings is 1. The Morgan fingerprint density at radius 3 is 2.20 bits per heavy atom. The molecule has 0 unspecified atom stereocenters. The maximum atomic E-state index is 4.84. The minimum atomic E-state index is 0.864. The van der Waals surface area contributed by atoms with Crippen molar-refractivity contribution in [2.24, 2.45) is 0 Å². The standard InChI is InChI=1S/C22H17N3/c1-2-8-15(9-3-1)14-17-16-10-4-5-11-18(16)24-22-21(17)23-19-12-6-7-13-20(19)25-22/h1-13,23H,14H2,(H,24,25). The van der Waals surface area contributed by atoms with E-state index < -0.39 is 0 Å². The van der Waals surface area contributed by atoms with E-state index in [9.17, 15) is 0 Å². The number of benzene rings is 3. The topological polar surface area (TPSA) is 37.0 Å². The van der Waals surface area contributed by atoms with Crippen LogP contribution in [0.25, 0.3) is 10.9 Å². The molecule has 3 heteroatoms. The lowest BCUT2D eigenvalue weighted by Crippen LogP contribution is -2.11. The summed E-state index contributed by atoms with van der Waals surface area (Å²) >= 11 is 0. The van der Waals surface area contributed by atoms with Gasteiger partial charge in [-0.2, -0.15) is 0 Å². The van der Waals surface area contributed by atoms with Gasteiger partial charge in [0, 0.05) is 11.8 Å². The molecule has 1 aliphatic heterocycles. The van der Waals surface area contributed by atoms with Gasteiger partial charge in [0.2, 0.25) is 0 Å². The third kappa shape index (κ3) is 2.41. The molecule has 1 aliphatic rings. The van der Waals surface area contributed by atoms with Gasteiger partial charge in [-0.05, 0) is 29.3 Å². The monoisotopic (exact) mass is 323 g/mol. The van der Waals surface area contributed by atoms with Gasteiger partial charge in [0.15, 0.2) is 5.82 Å². The normalized spacial score (nSPS) is 12.0. The van der Waals surface area contributed by atoms with Gasteiger partial charge >= 0.3 is 0 Å². The van der Waals surface area contributed by atoms with Gasteiger partial charge in [-0.1, -0.05) is 60.7 Å². The zero-order valence-corrected chi connectivity index (χ0v) is 13.7. The van der Waals surface area contributed by atoms with Crippen molar-refractivity contribution in [2.45, 2.75) is 6.42 Å². The molecular formula is C22H17N3. The van der Waals surface area contributed by atoms with Crippen LogP contribution in [0.4, 0.5) is 22.9 Å². The van der Waals surface area contributed by atoms with Crippen LogP contribution in [0, 0.1) is 0 Å². The predicted octanol–water partition coefficient (Wildman–Crippen LogP) is 5.63. The largest absolute Gasteiger partial charge is 0.351 e.